The Bertz CT molecular complexity index is 530. The lowest BCUT2D eigenvalue weighted by Gasteiger charge is -1.97. The molecule has 0 aliphatic rings. The molecule has 1 unspecified atom stereocenters. The van der Waals surface area contributed by atoms with Gasteiger partial charge in [0.25, 0.3) is 10.1 Å². The maximum absolute atomic E-state index is 9.84. The number of hydrogen-bond acceptors (Lipinski definition) is 4. The molecule has 2 N–H and O–H groups in total. The van der Waals surface area contributed by atoms with Crippen molar-refractivity contribution in [1.82, 2.24) is 4.98 Å². The lowest BCUT2D eigenvalue weighted by Crippen LogP contribution is -2.16. The molecule has 98 valence electrons. The predicted molar refractivity (Wildman–Crippen MR) is 69.8 cm³/mol. The van der Waals surface area contributed by atoms with Crippen molar-refractivity contribution in [3.05, 3.63) is 42.6 Å². The van der Waals surface area contributed by atoms with Crippen molar-refractivity contribution in [2.24, 2.45) is 0 Å². The second-order valence-corrected chi connectivity index (χ2v) is 5.29. The molecule has 1 aromatic heterocycles. The van der Waals surface area contributed by atoms with Gasteiger partial charge in [-0.3, -0.25) is 9.54 Å². The first kappa shape index (κ1) is 14.6. The van der Waals surface area contributed by atoms with Crippen molar-refractivity contribution in [1.29, 1.82) is 0 Å². The van der Waals surface area contributed by atoms with Crippen LogP contribution in [0.5, 0.6) is 0 Å². The highest BCUT2D eigenvalue weighted by molar-refractivity contribution is 7.85. The summed E-state index contributed by atoms with van der Waals surface area (Å²) in [7, 11) is -3.97. The molecular weight excluding hydrogens is 254 g/mol. The lowest BCUT2D eigenvalue weighted by atomic mass is 10.2. The first-order valence-corrected chi connectivity index (χ1v) is 6.92. The van der Waals surface area contributed by atoms with Crippen molar-refractivity contribution in [3.8, 4) is 0 Å². The van der Waals surface area contributed by atoms with E-state index in [0.717, 1.165) is 5.52 Å². The van der Waals surface area contributed by atoms with Crippen LogP contribution in [0.15, 0.2) is 42.6 Å². The van der Waals surface area contributed by atoms with E-state index in [1.807, 2.05) is 30.5 Å². The highest BCUT2D eigenvalue weighted by Gasteiger charge is 2.07. The van der Waals surface area contributed by atoms with Crippen LogP contribution in [0.3, 0.4) is 0 Å². The number of benzene rings is 1. The van der Waals surface area contributed by atoms with Gasteiger partial charge in [-0.2, -0.15) is 8.42 Å². The molecule has 0 aliphatic heterocycles. The van der Waals surface area contributed by atoms with Crippen molar-refractivity contribution in [3.63, 3.8) is 0 Å². The lowest BCUT2D eigenvalue weighted by molar-refractivity contribution is 0.215. The van der Waals surface area contributed by atoms with Gasteiger partial charge < -0.3 is 5.11 Å². The van der Waals surface area contributed by atoms with E-state index in [0.29, 0.717) is 0 Å². The van der Waals surface area contributed by atoms with Gasteiger partial charge in [0.15, 0.2) is 0 Å². The molecule has 1 heterocycles. The van der Waals surface area contributed by atoms with Crippen LogP contribution in [-0.4, -0.2) is 34.9 Å². The molecule has 6 heteroatoms. The van der Waals surface area contributed by atoms with Crippen LogP contribution in [0.4, 0.5) is 0 Å². The van der Waals surface area contributed by atoms with E-state index >= 15 is 0 Å². The molecule has 0 amide bonds. The standard InChI is InChI=1S/C9H7N.C3H8O4S/c1-2-6-9-8(4-1)5-3-7-10-9;1-3(4)2-8(5,6)7/h1-7H;3-4H,2H2,1H3,(H,5,6,7). The summed E-state index contributed by atoms with van der Waals surface area (Å²) < 4.78 is 27.7. The Morgan fingerprint density at radius 1 is 1.22 bits per heavy atom. The number of aliphatic hydroxyl groups excluding tert-OH is 1. The Balaban J connectivity index is 0.000000187. The van der Waals surface area contributed by atoms with Crippen molar-refractivity contribution < 1.29 is 18.1 Å². The summed E-state index contributed by atoms with van der Waals surface area (Å²) in [6.45, 7) is 1.29. The van der Waals surface area contributed by atoms with E-state index in [4.69, 9.17) is 9.66 Å². The van der Waals surface area contributed by atoms with Crippen molar-refractivity contribution >= 4 is 21.0 Å². The van der Waals surface area contributed by atoms with Gasteiger partial charge in [-0.05, 0) is 19.1 Å². The Labute approximate surface area is 106 Å². The Kier molecular flexibility index (Phi) is 5.21. The second-order valence-electron chi connectivity index (χ2n) is 3.79. The summed E-state index contributed by atoms with van der Waals surface area (Å²) in [4.78, 5) is 4.18. The fraction of sp³-hybridized carbons (Fsp3) is 0.250. The summed E-state index contributed by atoms with van der Waals surface area (Å²) in [5.74, 6) is -0.590. The highest BCUT2D eigenvalue weighted by Crippen LogP contribution is 2.07. The van der Waals surface area contributed by atoms with Crippen LogP contribution in [0.2, 0.25) is 0 Å². The van der Waals surface area contributed by atoms with Crippen LogP contribution in [0.1, 0.15) is 6.92 Å². The van der Waals surface area contributed by atoms with E-state index in [-0.39, 0.29) is 0 Å². The fourth-order valence-electron chi connectivity index (χ4n) is 1.32. The topological polar surface area (TPSA) is 87.5 Å². The average Bonchev–Trinajstić information content (AvgIpc) is 2.27. The summed E-state index contributed by atoms with van der Waals surface area (Å²) in [5.41, 5.74) is 1.06. The number of aromatic nitrogens is 1. The minimum atomic E-state index is -3.97. The molecule has 0 spiro atoms. The van der Waals surface area contributed by atoms with Gasteiger partial charge in [0, 0.05) is 11.6 Å². The first-order chi connectivity index (χ1) is 8.38. The van der Waals surface area contributed by atoms with Gasteiger partial charge in [-0.25, -0.2) is 0 Å². The van der Waals surface area contributed by atoms with E-state index in [9.17, 15) is 8.42 Å². The molecule has 18 heavy (non-hydrogen) atoms. The van der Waals surface area contributed by atoms with E-state index in [1.54, 1.807) is 0 Å². The predicted octanol–water partition coefficient (Wildman–Crippen LogP) is 1.49. The molecule has 0 bridgehead atoms. The third kappa shape index (κ3) is 5.72. The molecule has 1 aromatic carbocycles. The molecule has 0 saturated carbocycles. The SMILES string of the molecule is CC(O)CS(=O)(=O)O.c1ccc2ncccc2c1. The minimum Gasteiger partial charge on any atom is -0.392 e. The van der Waals surface area contributed by atoms with Gasteiger partial charge in [-0.1, -0.05) is 24.3 Å². The Morgan fingerprint density at radius 2 is 1.83 bits per heavy atom. The molecule has 0 aliphatic carbocycles. The molecule has 2 rings (SSSR count). The van der Waals surface area contributed by atoms with Gasteiger partial charge in [0.1, 0.15) is 5.75 Å². The van der Waals surface area contributed by atoms with E-state index in [1.165, 1.54) is 12.3 Å². The maximum Gasteiger partial charge on any atom is 0.267 e. The number of aliphatic hydroxyl groups is 1. The molecule has 1 atom stereocenters. The highest BCUT2D eigenvalue weighted by atomic mass is 32.2. The number of pyridine rings is 1. The molecule has 5 nitrogen and oxygen atoms in total. The van der Waals surface area contributed by atoms with Crippen LogP contribution in [-0.2, 0) is 10.1 Å². The third-order valence-electron chi connectivity index (χ3n) is 1.96. The fourth-order valence-corrected chi connectivity index (χ4v) is 1.93. The normalized spacial score (nSPS) is 12.6. The molecule has 0 radical (unpaired) electrons. The molecule has 0 saturated heterocycles. The smallest absolute Gasteiger partial charge is 0.267 e. The Morgan fingerprint density at radius 3 is 2.33 bits per heavy atom. The van der Waals surface area contributed by atoms with Crippen LogP contribution < -0.4 is 0 Å². The summed E-state index contributed by atoms with van der Waals surface area (Å²) in [6.07, 6.45) is 0.812. The summed E-state index contributed by atoms with van der Waals surface area (Å²) in [6, 6.07) is 12.1. The largest absolute Gasteiger partial charge is 0.392 e. The van der Waals surface area contributed by atoms with Crippen molar-refractivity contribution in [2.45, 2.75) is 13.0 Å². The average molecular weight is 269 g/mol. The minimum absolute atomic E-state index is 0.590. The number of hydrogen-bond donors (Lipinski definition) is 2. The first-order valence-electron chi connectivity index (χ1n) is 5.31. The maximum atomic E-state index is 9.84. The zero-order valence-corrected chi connectivity index (χ0v) is 10.7. The van der Waals surface area contributed by atoms with Crippen LogP contribution in [0.25, 0.3) is 10.9 Å². The van der Waals surface area contributed by atoms with Gasteiger partial charge in [0.2, 0.25) is 0 Å². The van der Waals surface area contributed by atoms with Gasteiger partial charge in [0.05, 0.1) is 11.6 Å². The molecule has 0 fully saturated rings. The number of fused-ring (bicyclic) bond motifs is 1. The van der Waals surface area contributed by atoms with Gasteiger partial charge in [-0.15, -0.1) is 0 Å². The third-order valence-corrected chi connectivity index (χ3v) is 2.87. The zero-order valence-electron chi connectivity index (χ0n) is 9.89. The second kappa shape index (κ2) is 6.44. The number of para-hydroxylation sites is 1. The zero-order chi connectivity index (χ0) is 13.6. The van der Waals surface area contributed by atoms with Crippen LogP contribution >= 0.6 is 0 Å². The quantitative estimate of drug-likeness (QED) is 0.806. The Hall–Kier alpha value is -1.50. The van der Waals surface area contributed by atoms with Crippen molar-refractivity contribution in [2.75, 3.05) is 5.75 Å². The molecular formula is C12H15NO4S. The summed E-state index contributed by atoms with van der Waals surface area (Å²) in [5, 5.41) is 9.55. The van der Waals surface area contributed by atoms with E-state index in [2.05, 4.69) is 17.1 Å². The molecule has 2 aromatic rings. The number of nitrogens with zero attached hydrogens (tertiary/aromatic N) is 1. The van der Waals surface area contributed by atoms with Crippen LogP contribution in [0, 0.1) is 0 Å². The van der Waals surface area contributed by atoms with Gasteiger partial charge >= 0.3 is 0 Å². The monoisotopic (exact) mass is 269 g/mol. The van der Waals surface area contributed by atoms with E-state index < -0.39 is 22.0 Å². The number of rotatable bonds is 2. The summed E-state index contributed by atoms with van der Waals surface area (Å²) >= 11 is 0.